The third kappa shape index (κ3) is 4.89. The molecule has 156 valence electrons. The minimum atomic E-state index is -3.36. The van der Waals surface area contributed by atoms with Crippen LogP contribution in [0.25, 0.3) is 0 Å². The number of carbonyl (C=O) groups is 1. The smallest absolute Gasteiger partial charge is 0.281 e. The second-order valence-electron chi connectivity index (χ2n) is 7.86. The quantitative estimate of drug-likeness (QED) is 0.763. The Morgan fingerprint density at radius 3 is 2.64 bits per heavy atom. The zero-order valence-corrected chi connectivity index (χ0v) is 17.5. The molecule has 1 amide bonds. The van der Waals surface area contributed by atoms with Gasteiger partial charge in [-0.25, -0.2) is 0 Å². The van der Waals surface area contributed by atoms with Crippen molar-refractivity contribution in [2.24, 2.45) is 5.92 Å². The van der Waals surface area contributed by atoms with Crippen LogP contribution >= 0.6 is 0 Å². The minimum absolute atomic E-state index is 0.0774. The average molecular weight is 411 g/mol. The highest BCUT2D eigenvalue weighted by molar-refractivity contribution is 7.86. The maximum absolute atomic E-state index is 12.3. The molecular formula is C19H30N4O4S. The maximum atomic E-state index is 12.3. The summed E-state index contributed by atoms with van der Waals surface area (Å²) in [7, 11) is -0.235. The van der Waals surface area contributed by atoms with Gasteiger partial charge >= 0.3 is 0 Å². The van der Waals surface area contributed by atoms with Gasteiger partial charge in [0.2, 0.25) is 0 Å². The van der Waals surface area contributed by atoms with Gasteiger partial charge in [-0.1, -0.05) is 0 Å². The standard InChI is InChI=1S/C19H30N4O4S/c1-22(2)28(25,26)23-12-7-19(8-13-23)15-16(6-14-27-19)3-11-21-18(24)17-4-9-20-10-5-17/h4-5,9-10,16H,3,6-8,11-15H2,1-2H3,(H,21,24). The molecule has 0 saturated carbocycles. The highest BCUT2D eigenvalue weighted by Crippen LogP contribution is 2.39. The fraction of sp³-hybridized carbons (Fsp3) is 0.684. The second kappa shape index (κ2) is 8.86. The average Bonchev–Trinajstić information content (AvgIpc) is 2.69. The molecule has 3 heterocycles. The largest absolute Gasteiger partial charge is 0.375 e. The van der Waals surface area contributed by atoms with E-state index >= 15 is 0 Å². The van der Waals surface area contributed by atoms with Crippen molar-refractivity contribution < 1.29 is 17.9 Å². The molecule has 28 heavy (non-hydrogen) atoms. The van der Waals surface area contributed by atoms with Gasteiger partial charge in [0.15, 0.2) is 0 Å². The number of aromatic nitrogens is 1. The van der Waals surface area contributed by atoms with Crippen molar-refractivity contribution in [3.63, 3.8) is 0 Å². The van der Waals surface area contributed by atoms with Crippen LogP contribution in [0.5, 0.6) is 0 Å². The van der Waals surface area contributed by atoms with Crippen LogP contribution in [0.15, 0.2) is 24.5 Å². The fourth-order valence-electron chi connectivity index (χ4n) is 4.07. The van der Waals surface area contributed by atoms with Gasteiger partial charge in [0.25, 0.3) is 16.1 Å². The minimum Gasteiger partial charge on any atom is -0.375 e. The van der Waals surface area contributed by atoms with Crippen molar-refractivity contribution in [1.29, 1.82) is 0 Å². The predicted molar refractivity (Wildman–Crippen MR) is 106 cm³/mol. The molecule has 1 unspecified atom stereocenters. The number of ether oxygens (including phenoxy) is 1. The lowest BCUT2D eigenvalue weighted by molar-refractivity contribution is -0.121. The van der Waals surface area contributed by atoms with Crippen LogP contribution in [0.1, 0.15) is 42.5 Å². The molecular weight excluding hydrogens is 380 g/mol. The summed E-state index contributed by atoms with van der Waals surface area (Å²) >= 11 is 0. The topological polar surface area (TPSA) is 91.8 Å². The molecule has 2 aliphatic rings. The van der Waals surface area contributed by atoms with Crippen LogP contribution < -0.4 is 5.32 Å². The SMILES string of the molecule is CN(C)S(=O)(=O)N1CCC2(CC1)CC(CCNC(=O)c1ccncc1)CCO2. The Morgan fingerprint density at radius 2 is 2.00 bits per heavy atom. The normalized spacial score (nSPS) is 23.0. The summed E-state index contributed by atoms with van der Waals surface area (Å²) in [5.41, 5.74) is 0.393. The van der Waals surface area contributed by atoms with Gasteiger partial charge in [-0.15, -0.1) is 0 Å². The van der Waals surface area contributed by atoms with Crippen molar-refractivity contribution >= 4 is 16.1 Å². The van der Waals surface area contributed by atoms with E-state index in [-0.39, 0.29) is 11.5 Å². The highest BCUT2D eigenvalue weighted by Gasteiger charge is 2.42. The Labute approximate surface area is 167 Å². The number of amides is 1. The predicted octanol–water partition coefficient (Wildman–Crippen LogP) is 1.27. The Hall–Kier alpha value is -1.55. The number of carbonyl (C=O) groups excluding carboxylic acids is 1. The van der Waals surface area contributed by atoms with Crippen molar-refractivity contribution in [3.8, 4) is 0 Å². The van der Waals surface area contributed by atoms with E-state index in [9.17, 15) is 13.2 Å². The summed E-state index contributed by atoms with van der Waals surface area (Å²) in [6.07, 6.45) is 7.47. The Balaban J connectivity index is 1.47. The lowest BCUT2D eigenvalue weighted by Gasteiger charge is -2.46. The van der Waals surface area contributed by atoms with E-state index < -0.39 is 10.2 Å². The first kappa shape index (κ1) is 21.2. The summed E-state index contributed by atoms with van der Waals surface area (Å²) in [5, 5.41) is 2.98. The van der Waals surface area contributed by atoms with Gasteiger partial charge in [-0.3, -0.25) is 9.78 Å². The molecule has 0 radical (unpaired) electrons. The van der Waals surface area contributed by atoms with Crippen LogP contribution in [-0.4, -0.2) is 73.9 Å². The number of nitrogens with zero attached hydrogens (tertiary/aromatic N) is 3. The van der Waals surface area contributed by atoms with Crippen LogP contribution in [0.2, 0.25) is 0 Å². The maximum Gasteiger partial charge on any atom is 0.281 e. The molecule has 1 aromatic heterocycles. The van der Waals surface area contributed by atoms with Crippen molar-refractivity contribution in [3.05, 3.63) is 30.1 Å². The van der Waals surface area contributed by atoms with Gasteiger partial charge in [-0.2, -0.15) is 17.0 Å². The molecule has 1 N–H and O–H groups in total. The highest BCUT2D eigenvalue weighted by atomic mass is 32.2. The molecule has 0 aliphatic carbocycles. The van der Waals surface area contributed by atoms with Gasteiger partial charge in [0.1, 0.15) is 0 Å². The van der Waals surface area contributed by atoms with Crippen LogP contribution in [0, 0.1) is 5.92 Å². The third-order valence-electron chi connectivity index (χ3n) is 5.80. The molecule has 1 atom stereocenters. The first-order valence-corrected chi connectivity index (χ1v) is 11.2. The van der Waals surface area contributed by atoms with Crippen molar-refractivity contribution in [1.82, 2.24) is 18.9 Å². The van der Waals surface area contributed by atoms with E-state index in [0.717, 1.165) is 32.1 Å². The fourth-order valence-corrected chi connectivity index (χ4v) is 5.18. The zero-order chi connectivity index (χ0) is 20.2. The Morgan fingerprint density at radius 1 is 1.32 bits per heavy atom. The van der Waals surface area contributed by atoms with Crippen molar-refractivity contribution in [2.45, 2.75) is 37.7 Å². The van der Waals surface area contributed by atoms with E-state index in [1.54, 1.807) is 42.9 Å². The Bertz CT molecular complexity index is 761. The number of hydrogen-bond donors (Lipinski definition) is 1. The molecule has 0 bridgehead atoms. The van der Waals surface area contributed by atoms with Crippen LogP contribution in [-0.2, 0) is 14.9 Å². The first-order chi connectivity index (χ1) is 13.3. The molecule has 3 rings (SSSR count). The molecule has 2 aliphatic heterocycles. The third-order valence-corrected chi connectivity index (χ3v) is 7.74. The second-order valence-corrected chi connectivity index (χ2v) is 10.0. The lowest BCUT2D eigenvalue weighted by atomic mass is 9.79. The van der Waals surface area contributed by atoms with Crippen molar-refractivity contribution in [2.75, 3.05) is 40.3 Å². The molecule has 2 saturated heterocycles. The van der Waals surface area contributed by atoms with Gasteiger partial charge < -0.3 is 10.1 Å². The summed E-state index contributed by atoms with van der Waals surface area (Å²) < 4.78 is 33.6. The van der Waals surface area contributed by atoms with E-state index in [2.05, 4.69) is 10.3 Å². The summed E-state index contributed by atoms with van der Waals surface area (Å²) in [6.45, 7) is 2.31. The van der Waals surface area contributed by atoms with E-state index in [0.29, 0.717) is 37.7 Å². The molecule has 2 fully saturated rings. The van der Waals surface area contributed by atoms with E-state index in [1.165, 1.54) is 4.31 Å². The number of hydrogen-bond acceptors (Lipinski definition) is 5. The van der Waals surface area contributed by atoms with Crippen LogP contribution in [0.4, 0.5) is 0 Å². The lowest BCUT2D eigenvalue weighted by Crippen LogP contribution is -2.52. The molecule has 1 aromatic rings. The van der Waals surface area contributed by atoms with E-state index in [4.69, 9.17) is 4.74 Å². The first-order valence-electron chi connectivity index (χ1n) is 9.82. The van der Waals surface area contributed by atoms with Gasteiger partial charge in [0.05, 0.1) is 5.60 Å². The van der Waals surface area contributed by atoms with Crippen LogP contribution in [0.3, 0.4) is 0 Å². The number of rotatable bonds is 6. The zero-order valence-electron chi connectivity index (χ0n) is 16.6. The monoisotopic (exact) mass is 410 g/mol. The summed E-state index contributed by atoms with van der Waals surface area (Å²) in [5.74, 6) is 0.398. The summed E-state index contributed by atoms with van der Waals surface area (Å²) in [6, 6.07) is 3.41. The van der Waals surface area contributed by atoms with E-state index in [1.807, 2.05) is 0 Å². The molecule has 8 nitrogen and oxygen atoms in total. The molecule has 1 spiro atoms. The number of pyridine rings is 1. The number of nitrogens with one attached hydrogen (secondary N) is 1. The molecule has 0 aromatic carbocycles. The Kier molecular flexibility index (Phi) is 6.69. The van der Waals surface area contributed by atoms with Gasteiger partial charge in [0, 0.05) is 58.3 Å². The molecule has 9 heteroatoms. The van der Waals surface area contributed by atoms with Gasteiger partial charge in [-0.05, 0) is 50.2 Å². The summed E-state index contributed by atoms with van der Waals surface area (Å²) in [4.78, 5) is 16.1. The number of piperidine rings is 1.